The summed E-state index contributed by atoms with van der Waals surface area (Å²) in [6.07, 6.45) is 3.54. The largest absolute Gasteiger partial charge is 0.444 e. The summed E-state index contributed by atoms with van der Waals surface area (Å²) in [5.74, 6) is 3.24. The summed E-state index contributed by atoms with van der Waals surface area (Å²) in [7, 11) is 0. The predicted molar refractivity (Wildman–Crippen MR) is 140 cm³/mol. The number of ether oxygens (including phenoxy) is 1. The van der Waals surface area contributed by atoms with E-state index < -0.39 is 5.60 Å². The van der Waals surface area contributed by atoms with Crippen molar-refractivity contribution < 1.29 is 14.1 Å². The van der Waals surface area contributed by atoms with Gasteiger partial charge < -0.3 is 9.26 Å². The number of halogens is 1. The van der Waals surface area contributed by atoms with Gasteiger partial charge in [-0.15, -0.1) is 10.2 Å². The summed E-state index contributed by atoms with van der Waals surface area (Å²) in [6.45, 7) is 6.30. The Labute approximate surface area is 220 Å². The number of fused-ring (bicyclic) bond motifs is 4. The summed E-state index contributed by atoms with van der Waals surface area (Å²) in [5, 5.41) is 15.2. The Morgan fingerprint density at radius 1 is 1.03 bits per heavy atom. The van der Waals surface area contributed by atoms with Crippen molar-refractivity contribution in [3.05, 3.63) is 70.5 Å². The van der Waals surface area contributed by atoms with E-state index in [1.165, 1.54) is 0 Å². The van der Waals surface area contributed by atoms with Crippen LogP contribution in [0.15, 0.2) is 47.0 Å². The second-order valence-corrected chi connectivity index (χ2v) is 11.5. The molecule has 1 fully saturated rings. The Morgan fingerprint density at radius 3 is 2.57 bits per heavy atom. The Kier molecular flexibility index (Phi) is 5.94. The molecule has 0 bridgehead atoms. The standard InChI is InChI=1S/C28H30ClN5O3/c1-28(2,3)36-27(35)33-15-19-14-20(29)12-13-23(19)34-24(16-33)30-31-26(34)18-10-8-17(9-11-18)25-21-6-4-5-7-22(21)32-37-25/h4-7,12-14,17-18H,8-11,15-16H2,1-3H3/t17-,18+. The van der Waals surface area contributed by atoms with Crippen LogP contribution in [0.5, 0.6) is 0 Å². The number of benzene rings is 2. The molecule has 0 radical (unpaired) electrons. The molecule has 9 heteroatoms. The zero-order valence-electron chi connectivity index (χ0n) is 21.3. The average molecular weight is 520 g/mol. The van der Waals surface area contributed by atoms with Crippen molar-refractivity contribution in [1.82, 2.24) is 24.8 Å². The molecule has 2 aromatic carbocycles. The molecule has 0 unspecified atom stereocenters. The molecule has 3 heterocycles. The SMILES string of the molecule is CC(C)(C)OC(=O)N1Cc2cc(Cl)ccc2-n2c(nnc2[C@H]2CC[C@@H](c3onc4ccccc43)CC2)C1. The maximum Gasteiger partial charge on any atom is 0.411 e. The van der Waals surface area contributed by atoms with E-state index in [0.29, 0.717) is 24.0 Å². The predicted octanol–water partition coefficient (Wildman–Crippen LogP) is 6.75. The van der Waals surface area contributed by atoms with Crippen LogP contribution >= 0.6 is 11.6 Å². The molecular weight excluding hydrogens is 490 g/mol. The first-order chi connectivity index (χ1) is 17.8. The minimum absolute atomic E-state index is 0.253. The van der Waals surface area contributed by atoms with E-state index in [-0.39, 0.29) is 12.0 Å². The Bertz CT molecular complexity index is 1460. The van der Waals surface area contributed by atoms with Gasteiger partial charge in [0, 0.05) is 22.2 Å². The fourth-order valence-electron chi connectivity index (χ4n) is 5.56. The molecule has 4 aromatic rings. The summed E-state index contributed by atoms with van der Waals surface area (Å²) >= 11 is 6.37. The van der Waals surface area contributed by atoms with Crippen molar-refractivity contribution in [3.63, 3.8) is 0 Å². The highest BCUT2D eigenvalue weighted by Gasteiger charge is 2.34. The van der Waals surface area contributed by atoms with E-state index in [9.17, 15) is 4.79 Å². The van der Waals surface area contributed by atoms with Gasteiger partial charge in [-0.25, -0.2) is 4.79 Å². The number of amides is 1. The summed E-state index contributed by atoms with van der Waals surface area (Å²) < 4.78 is 13.6. The van der Waals surface area contributed by atoms with Gasteiger partial charge in [0.05, 0.1) is 18.8 Å². The number of nitrogens with zero attached hydrogens (tertiary/aromatic N) is 5. The molecule has 2 aromatic heterocycles. The normalized spacial score (nSPS) is 19.8. The second kappa shape index (κ2) is 9.17. The third kappa shape index (κ3) is 4.59. The Hall–Kier alpha value is -3.39. The number of hydrogen-bond acceptors (Lipinski definition) is 6. The summed E-state index contributed by atoms with van der Waals surface area (Å²) in [5.41, 5.74) is 2.23. The van der Waals surface area contributed by atoms with E-state index in [4.69, 9.17) is 20.9 Å². The molecule has 6 rings (SSSR count). The van der Waals surface area contributed by atoms with Crippen molar-refractivity contribution in [3.8, 4) is 5.69 Å². The lowest BCUT2D eigenvalue weighted by Crippen LogP contribution is -2.35. The molecule has 1 aliphatic carbocycles. The van der Waals surface area contributed by atoms with Crippen LogP contribution in [0, 0.1) is 0 Å². The van der Waals surface area contributed by atoms with Gasteiger partial charge in [0.25, 0.3) is 0 Å². The van der Waals surface area contributed by atoms with Crippen molar-refractivity contribution in [2.75, 3.05) is 0 Å². The van der Waals surface area contributed by atoms with E-state index in [2.05, 4.69) is 26.0 Å². The van der Waals surface area contributed by atoms with Crippen LogP contribution in [0.3, 0.4) is 0 Å². The van der Waals surface area contributed by atoms with Gasteiger partial charge >= 0.3 is 6.09 Å². The van der Waals surface area contributed by atoms with Crippen molar-refractivity contribution in [1.29, 1.82) is 0 Å². The minimum atomic E-state index is -0.590. The van der Waals surface area contributed by atoms with E-state index in [1.807, 2.05) is 57.2 Å². The Morgan fingerprint density at radius 2 is 1.78 bits per heavy atom. The molecule has 37 heavy (non-hydrogen) atoms. The van der Waals surface area contributed by atoms with Gasteiger partial charge in [-0.3, -0.25) is 9.47 Å². The second-order valence-electron chi connectivity index (χ2n) is 11.0. The minimum Gasteiger partial charge on any atom is -0.444 e. The zero-order chi connectivity index (χ0) is 25.7. The molecule has 0 spiro atoms. The first kappa shape index (κ1) is 24.0. The van der Waals surface area contributed by atoms with Crippen molar-refractivity contribution >= 4 is 28.6 Å². The molecule has 1 aliphatic heterocycles. The molecule has 192 valence electrons. The lowest BCUT2D eigenvalue weighted by atomic mass is 9.80. The fourth-order valence-corrected chi connectivity index (χ4v) is 5.76. The first-order valence-electron chi connectivity index (χ1n) is 12.8. The highest BCUT2D eigenvalue weighted by molar-refractivity contribution is 6.30. The van der Waals surface area contributed by atoms with E-state index in [0.717, 1.165) is 65.2 Å². The molecule has 0 saturated heterocycles. The number of aromatic nitrogens is 4. The van der Waals surface area contributed by atoms with E-state index >= 15 is 0 Å². The third-order valence-electron chi connectivity index (χ3n) is 7.26. The summed E-state index contributed by atoms with van der Waals surface area (Å²) in [6, 6.07) is 13.9. The van der Waals surface area contributed by atoms with Gasteiger partial charge in [-0.1, -0.05) is 28.9 Å². The average Bonchev–Trinajstić information content (AvgIpc) is 3.43. The highest BCUT2D eigenvalue weighted by atomic mass is 35.5. The molecule has 1 amide bonds. The van der Waals surface area contributed by atoms with E-state index in [1.54, 1.807) is 4.90 Å². The number of carbonyl (C=O) groups is 1. The molecule has 0 N–H and O–H groups in total. The van der Waals surface area contributed by atoms with Gasteiger partial charge in [0.1, 0.15) is 22.7 Å². The highest BCUT2D eigenvalue weighted by Crippen LogP contribution is 2.43. The molecule has 2 aliphatic rings. The van der Waals surface area contributed by atoms with Crippen LogP contribution in [-0.4, -0.2) is 36.5 Å². The maximum absolute atomic E-state index is 13.0. The van der Waals surface area contributed by atoms with Crippen LogP contribution in [-0.2, 0) is 17.8 Å². The van der Waals surface area contributed by atoms with Crippen LogP contribution in [0.1, 0.15) is 81.3 Å². The van der Waals surface area contributed by atoms with Gasteiger partial charge in [0.15, 0.2) is 5.82 Å². The van der Waals surface area contributed by atoms with Crippen LogP contribution in [0.2, 0.25) is 5.02 Å². The van der Waals surface area contributed by atoms with Gasteiger partial charge in [-0.2, -0.15) is 0 Å². The van der Waals surface area contributed by atoms with Crippen LogP contribution < -0.4 is 0 Å². The smallest absolute Gasteiger partial charge is 0.411 e. The lowest BCUT2D eigenvalue weighted by Gasteiger charge is -2.27. The van der Waals surface area contributed by atoms with Crippen LogP contribution in [0.25, 0.3) is 16.6 Å². The van der Waals surface area contributed by atoms with Crippen LogP contribution in [0.4, 0.5) is 4.79 Å². The Balaban J connectivity index is 1.29. The fraction of sp³-hybridized carbons (Fsp3) is 0.429. The number of hydrogen-bond donors (Lipinski definition) is 0. The topological polar surface area (TPSA) is 86.3 Å². The summed E-state index contributed by atoms with van der Waals surface area (Å²) in [4.78, 5) is 14.7. The monoisotopic (exact) mass is 519 g/mol. The maximum atomic E-state index is 13.0. The third-order valence-corrected chi connectivity index (χ3v) is 7.49. The first-order valence-corrected chi connectivity index (χ1v) is 13.2. The number of rotatable bonds is 2. The quantitative estimate of drug-likeness (QED) is 0.291. The molecule has 8 nitrogen and oxygen atoms in total. The molecular formula is C28H30ClN5O3. The molecule has 0 atom stereocenters. The number of carbonyl (C=O) groups excluding carboxylic acids is 1. The molecule has 1 saturated carbocycles. The lowest BCUT2D eigenvalue weighted by molar-refractivity contribution is 0.0214. The van der Waals surface area contributed by atoms with Crippen molar-refractivity contribution in [2.45, 2.75) is 77.0 Å². The van der Waals surface area contributed by atoms with Gasteiger partial charge in [0.2, 0.25) is 0 Å². The van der Waals surface area contributed by atoms with Gasteiger partial charge in [-0.05, 0) is 82.3 Å². The zero-order valence-corrected chi connectivity index (χ0v) is 22.0. The van der Waals surface area contributed by atoms with Crippen molar-refractivity contribution in [2.24, 2.45) is 0 Å².